The number of benzene rings is 1. The van der Waals surface area contributed by atoms with Crippen LogP contribution in [0.25, 0.3) is 5.57 Å². The van der Waals surface area contributed by atoms with Gasteiger partial charge in [0.15, 0.2) is 0 Å². The van der Waals surface area contributed by atoms with Gasteiger partial charge in [-0.15, -0.1) is 0 Å². The summed E-state index contributed by atoms with van der Waals surface area (Å²) < 4.78 is 5.16. The molecule has 0 spiro atoms. The number of nitrogens with two attached hydrogens (primary N) is 1. The largest absolute Gasteiger partial charge is 0.497 e. The van der Waals surface area contributed by atoms with E-state index < -0.39 is 0 Å². The summed E-state index contributed by atoms with van der Waals surface area (Å²) >= 11 is 0. The monoisotopic (exact) mass is 213 g/mol. The van der Waals surface area contributed by atoms with E-state index in [0.29, 0.717) is 11.8 Å². The van der Waals surface area contributed by atoms with Crippen molar-refractivity contribution in [1.82, 2.24) is 0 Å². The SMILES string of the molecule is COc1ccc(C2=C(N)C3C=CC2C3)cc1. The van der Waals surface area contributed by atoms with Gasteiger partial charge in [0.2, 0.25) is 0 Å². The highest BCUT2D eigenvalue weighted by Gasteiger charge is 2.34. The molecule has 2 N–H and O–H groups in total. The average molecular weight is 213 g/mol. The molecule has 0 aromatic heterocycles. The normalized spacial score (nSPS) is 26.6. The minimum Gasteiger partial charge on any atom is -0.497 e. The topological polar surface area (TPSA) is 35.2 Å². The Labute approximate surface area is 95.4 Å². The lowest BCUT2D eigenvalue weighted by Gasteiger charge is -2.13. The fourth-order valence-electron chi connectivity index (χ4n) is 2.71. The van der Waals surface area contributed by atoms with Gasteiger partial charge in [-0.25, -0.2) is 0 Å². The van der Waals surface area contributed by atoms with E-state index in [1.165, 1.54) is 11.1 Å². The van der Waals surface area contributed by atoms with Crippen molar-refractivity contribution in [1.29, 1.82) is 0 Å². The number of hydrogen-bond donors (Lipinski definition) is 1. The predicted octanol–water partition coefficient (Wildman–Crippen LogP) is 2.57. The van der Waals surface area contributed by atoms with Gasteiger partial charge in [0, 0.05) is 17.5 Å². The van der Waals surface area contributed by atoms with Crippen LogP contribution in [0.5, 0.6) is 5.75 Å². The van der Waals surface area contributed by atoms with Crippen molar-refractivity contribution >= 4 is 5.57 Å². The molecule has 0 radical (unpaired) electrons. The molecule has 2 aliphatic rings. The lowest BCUT2D eigenvalue weighted by atomic mass is 9.94. The summed E-state index contributed by atoms with van der Waals surface area (Å²) in [5, 5.41) is 0. The number of rotatable bonds is 2. The fourth-order valence-corrected chi connectivity index (χ4v) is 2.71. The third-order valence-corrected chi connectivity index (χ3v) is 3.57. The van der Waals surface area contributed by atoms with Crippen molar-refractivity contribution < 1.29 is 4.74 Å². The molecule has 0 aliphatic heterocycles. The Morgan fingerprint density at radius 3 is 2.38 bits per heavy atom. The molecular formula is C14H15NO. The number of methoxy groups -OCH3 is 1. The summed E-state index contributed by atoms with van der Waals surface area (Å²) in [5.41, 5.74) is 9.76. The van der Waals surface area contributed by atoms with Gasteiger partial charge < -0.3 is 10.5 Å². The quantitative estimate of drug-likeness (QED) is 0.766. The zero-order chi connectivity index (χ0) is 11.1. The van der Waals surface area contributed by atoms with Gasteiger partial charge in [0.1, 0.15) is 5.75 Å². The van der Waals surface area contributed by atoms with Crippen molar-refractivity contribution in [2.75, 3.05) is 7.11 Å². The molecule has 0 saturated carbocycles. The Morgan fingerprint density at radius 1 is 1.12 bits per heavy atom. The van der Waals surface area contributed by atoms with Crippen molar-refractivity contribution in [2.24, 2.45) is 17.6 Å². The van der Waals surface area contributed by atoms with Crippen molar-refractivity contribution in [2.45, 2.75) is 6.42 Å². The number of ether oxygens (including phenoxy) is 1. The van der Waals surface area contributed by atoms with E-state index >= 15 is 0 Å². The van der Waals surface area contributed by atoms with E-state index in [2.05, 4.69) is 24.3 Å². The van der Waals surface area contributed by atoms with Crippen LogP contribution in [0.3, 0.4) is 0 Å². The summed E-state index contributed by atoms with van der Waals surface area (Å²) in [6.07, 6.45) is 5.67. The third-order valence-electron chi connectivity index (χ3n) is 3.57. The molecule has 0 heterocycles. The minimum absolute atomic E-state index is 0.474. The lowest BCUT2D eigenvalue weighted by Crippen LogP contribution is -2.07. The molecular weight excluding hydrogens is 198 g/mol. The van der Waals surface area contributed by atoms with Crippen LogP contribution in [0.2, 0.25) is 0 Å². The summed E-state index contributed by atoms with van der Waals surface area (Å²) in [6, 6.07) is 8.17. The maximum Gasteiger partial charge on any atom is 0.118 e. The van der Waals surface area contributed by atoms with Gasteiger partial charge in [0.05, 0.1) is 7.11 Å². The molecule has 1 aromatic rings. The molecule has 0 saturated heterocycles. The lowest BCUT2D eigenvalue weighted by molar-refractivity contribution is 0.415. The highest BCUT2D eigenvalue weighted by atomic mass is 16.5. The molecule has 3 rings (SSSR count). The van der Waals surface area contributed by atoms with E-state index in [-0.39, 0.29) is 0 Å². The van der Waals surface area contributed by atoms with Crippen molar-refractivity contribution in [3.8, 4) is 5.75 Å². The maximum atomic E-state index is 6.16. The highest BCUT2D eigenvalue weighted by Crippen LogP contribution is 2.46. The second-order valence-electron chi connectivity index (χ2n) is 4.43. The van der Waals surface area contributed by atoms with Gasteiger partial charge in [-0.2, -0.15) is 0 Å². The van der Waals surface area contributed by atoms with Gasteiger partial charge >= 0.3 is 0 Å². The van der Waals surface area contributed by atoms with Crippen molar-refractivity contribution in [3.05, 3.63) is 47.7 Å². The highest BCUT2D eigenvalue weighted by molar-refractivity contribution is 5.76. The van der Waals surface area contributed by atoms with E-state index in [9.17, 15) is 0 Å². The summed E-state index contributed by atoms with van der Waals surface area (Å²) in [7, 11) is 1.68. The number of hydrogen-bond acceptors (Lipinski definition) is 2. The van der Waals surface area contributed by atoms with Crippen LogP contribution in [0.15, 0.2) is 42.1 Å². The Kier molecular flexibility index (Phi) is 2.03. The number of fused-ring (bicyclic) bond motifs is 2. The predicted molar refractivity (Wildman–Crippen MR) is 64.8 cm³/mol. The van der Waals surface area contributed by atoms with Gasteiger partial charge in [-0.05, 0) is 29.7 Å². The van der Waals surface area contributed by atoms with Crippen molar-refractivity contribution in [3.63, 3.8) is 0 Å². The first-order valence-electron chi connectivity index (χ1n) is 5.62. The van der Waals surface area contributed by atoms with Crippen LogP contribution in [0.1, 0.15) is 12.0 Å². The summed E-state index contributed by atoms with van der Waals surface area (Å²) in [4.78, 5) is 0. The van der Waals surface area contributed by atoms with Crippen LogP contribution in [0.4, 0.5) is 0 Å². The smallest absolute Gasteiger partial charge is 0.118 e. The molecule has 2 unspecified atom stereocenters. The fraction of sp³-hybridized carbons (Fsp3) is 0.286. The Morgan fingerprint density at radius 2 is 1.81 bits per heavy atom. The van der Waals surface area contributed by atoms with E-state index in [1.54, 1.807) is 7.11 Å². The van der Waals surface area contributed by atoms with Crippen LogP contribution in [0, 0.1) is 11.8 Å². The molecule has 2 nitrogen and oxygen atoms in total. The summed E-state index contributed by atoms with van der Waals surface area (Å²) in [5.74, 6) is 1.89. The molecule has 1 aromatic carbocycles. The second kappa shape index (κ2) is 3.41. The Hall–Kier alpha value is -1.70. The number of allylic oxidation sites excluding steroid dienone is 3. The standard InChI is InChI=1S/C14H15NO/c1-16-12-6-4-9(5-7-12)13-10-2-3-11(8-10)14(13)15/h2-7,10-11H,8,15H2,1H3. The van der Waals surface area contributed by atoms with Gasteiger partial charge in [-0.1, -0.05) is 24.3 Å². The first kappa shape index (κ1) is 9.52. The van der Waals surface area contributed by atoms with Crippen LogP contribution < -0.4 is 10.5 Å². The van der Waals surface area contributed by atoms with E-state index in [0.717, 1.165) is 17.9 Å². The molecule has 0 amide bonds. The van der Waals surface area contributed by atoms with E-state index in [1.807, 2.05) is 12.1 Å². The third kappa shape index (κ3) is 1.26. The molecule has 2 aliphatic carbocycles. The van der Waals surface area contributed by atoms with Crippen LogP contribution in [-0.2, 0) is 0 Å². The van der Waals surface area contributed by atoms with Crippen LogP contribution >= 0.6 is 0 Å². The zero-order valence-electron chi connectivity index (χ0n) is 9.31. The molecule has 0 fully saturated rings. The summed E-state index contributed by atoms with van der Waals surface area (Å²) in [6.45, 7) is 0. The second-order valence-corrected chi connectivity index (χ2v) is 4.43. The maximum absolute atomic E-state index is 6.16. The first-order valence-corrected chi connectivity index (χ1v) is 5.62. The molecule has 2 heteroatoms. The zero-order valence-corrected chi connectivity index (χ0v) is 9.31. The average Bonchev–Trinajstić information content (AvgIpc) is 2.90. The first-order chi connectivity index (χ1) is 7.79. The van der Waals surface area contributed by atoms with E-state index in [4.69, 9.17) is 10.5 Å². The van der Waals surface area contributed by atoms with Gasteiger partial charge in [-0.3, -0.25) is 0 Å². The Balaban J connectivity index is 1.98. The molecule has 2 atom stereocenters. The Bertz CT molecular complexity index is 470. The molecule has 16 heavy (non-hydrogen) atoms. The minimum atomic E-state index is 0.474. The van der Waals surface area contributed by atoms with Crippen LogP contribution in [-0.4, -0.2) is 7.11 Å². The van der Waals surface area contributed by atoms with Gasteiger partial charge in [0.25, 0.3) is 0 Å². The molecule has 2 bridgehead atoms. The molecule has 82 valence electrons.